The molecule has 0 unspecified atom stereocenters. The lowest BCUT2D eigenvalue weighted by molar-refractivity contribution is -0.139. The van der Waals surface area contributed by atoms with E-state index in [0.717, 1.165) is 0 Å². The SMILES string of the molecule is Cc1nc([C@H]2COCCN2C(=O)Cc2nonc2C)cc(=O)[nH]1. The van der Waals surface area contributed by atoms with Crippen LogP contribution < -0.4 is 5.56 Å². The lowest BCUT2D eigenvalue weighted by atomic mass is 10.1. The molecule has 9 nitrogen and oxygen atoms in total. The van der Waals surface area contributed by atoms with E-state index in [9.17, 15) is 9.59 Å². The third kappa shape index (κ3) is 3.29. The lowest BCUT2D eigenvalue weighted by Gasteiger charge is -2.35. The first kappa shape index (κ1) is 15.3. The van der Waals surface area contributed by atoms with Crippen molar-refractivity contribution in [2.45, 2.75) is 26.3 Å². The standard InChI is InChI=1S/C14H17N5O4/c1-8-10(18-23-17-8)6-14(21)19-3-4-22-7-12(19)11-5-13(20)16-9(2)15-11/h5,12H,3-4,6-7H2,1-2H3,(H,15,16,20)/t12-/m1/s1. The van der Waals surface area contributed by atoms with Crippen LogP contribution in [-0.4, -0.2) is 50.8 Å². The van der Waals surface area contributed by atoms with Gasteiger partial charge in [0.2, 0.25) is 5.91 Å². The summed E-state index contributed by atoms with van der Waals surface area (Å²) in [5, 5.41) is 7.42. The summed E-state index contributed by atoms with van der Waals surface area (Å²) in [7, 11) is 0. The molecule has 1 atom stereocenters. The Labute approximate surface area is 131 Å². The lowest BCUT2D eigenvalue weighted by Crippen LogP contribution is -2.44. The molecule has 1 fully saturated rings. The van der Waals surface area contributed by atoms with Crippen molar-refractivity contribution < 1.29 is 14.2 Å². The van der Waals surface area contributed by atoms with Gasteiger partial charge < -0.3 is 14.6 Å². The number of nitrogens with one attached hydrogen (secondary N) is 1. The largest absolute Gasteiger partial charge is 0.377 e. The molecule has 3 rings (SSSR count). The van der Waals surface area contributed by atoms with Crippen LogP contribution in [-0.2, 0) is 16.0 Å². The fourth-order valence-corrected chi connectivity index (χ4v) is 2.58. The molecular weight excluding hydrogens is 302 g/mol. The Morgan fingerprint density at radius 1 is 1.43 bits per heavy atom. The number of morpholine rings is 1. The molecule has 0 aromatic carbocycles. The predicted molar refractivity (Wildman–Crippen MR) is 77.6 cm³/mol. The van der Waals surface area contributed by atoms with Crippen LogP contribution in [0.5, 0.6) is 0 Å². The Bertz CT molecular complexity index is 769. The van der Waals surface area contributed by atoms with E-state index in [-0.39, 0.29) is 17.9 Å². The fourth-order valence-electron chi connectivity index (χ4n) is 2.58. The summed E-state index contributed by atoms with van der Waals surface area (Å²) < 4.78 is 10.1. The molecule has 0 bridgehead atoms. The van der Waals surface area contributed by atoms with Gasteiger partial charge in [-0.25, -0.2) is 9.61 Å². The van der Waals surface area contributed by atoms with Crippen molar-refractivity contribution in [1.29, 1.82) is 0 Å². The van der Waals surface area contributed by atoms with Gasteiger partial charge in [-0.3, -0.25) is 9.59 Å². The Morgan fingerprint density at radius 3 is 2.96 bits per heavy atom. The Balaban J connectivity index is 1.85. The average molecular weight is 319 g/mol. The number of aromatic nitrogens is 4. The number of aromatic amines is 1. The molecule has 122 valence electrons. The van der Waals surface area contributed by atoms with Gasteiger partial charge in [-0.05, 0) is 13.8 Å². The summed E-state index contributed by atoms with van der Waals surface area (Å²) in [5.41, 5.74) is 1.37. The molecule has 0 aliphatic carbocycles. The number of ether oxygens (including phenoxy) is 1. The van der Waals surface area contributed by atoms with Gasteiger partial charge >= 0.3 is 0 Å². The minimum atomic E-state index is -0.391. The summed E-state index contributed by atoms with van der Waals surface area (Å²) >= 11 is 0. The highest BCUT2D eigenvalue weighted by atomic mass is 16.6. The third-order valence-electron chi connectivity index (χ3n) is 3.74. The first-order chi connectivity index (χ1) is 11.0. The molecule has 0 radical (unpaired) electrons. The summed E-state index contributed by atoms with van der Waals surface area (Å²) in [6.07, 6.45) is 0.0913. The van der Waals surface area contributed by atoms with Gasteiger partial charge in [0.1, 0.15) is 17.2 Å². The van der Waals surface area contributed by atoms with Crippen LogP contribution in [0.4, 0.5) is 0 Å². The van der Waals surface area contributed by atoms with Crippen LogP contribution in [0.1, 0.15) is 28.9 Å². The number of H-pyrrole nitrogens is 1. The van der Waals surface area contributed by atoms with E-state index >= 15 is 0 Å². The van der Waals surface area contributed by atoms with Crippen LogP contribution in [0.25, 0.3) is 0 Å². The van der Waals surface area contributed by atoms with E-state index in [1.54, 1.807) is 18.7 Å². The van der Waals surface area contributed by atoms with Crippen molar-refractivity contribution in [2.75, 3.05) is 19.8 Å². The molecule has 0 saturated carbocycles. The normalized spacial score (nSPS) is 18.2. The monoisotopic (exact) mass is 319 g/mol. The summed E-state index contributed by atoms with van der Waals surface area (Å²) in [4.78, 5) is 32.9. The smallest absolute Gasteiger partial charge is 0.251 e. The molecule has 3 heterocycles. The molecule has 0 spiro atoms. The zero-order valence-electron chi connectivity index (χ0n) is 12.9. The van der Waals surface area contributed by atoms with Gasteiger partial charge in [-0.15, -0.1) is 0 Å². The number of amides is 1. The second-order valence-electron chi connectivity index (χ2n) is 5.41. The van der Waals surface area contributed by atoms with Crippen molar-refractivity contribution in [3.8, 4) is 0 Å². The number of carbonyl (C=O) groups is 1. The van der Waals surface area contributed by atoms with Crippen LogP contribution >= 0.6 is 0 Å². The molecule has 9 heteroatoms. The first-order valence-corrected chi connectivity index (χ1v) is 7.27. The minimum Gasteiger partial charge on any atom is -0.377 e. The third-order valence-corrected chi connectivity index (χ3v) is 3.74. The molecule has 23 heavy (non-hydrogen) atoms. The first-order valence-electron chi connectivity index (χ1n) is 7.27. The molecule has 2 aromatic heterocycles. The van der Waals surface area contributed by atoms with E-state index in [4.69, 9.17) is 4.74 Å². The molecule has 1 amide bonds. The molecular formula is C14H17N5O4. The van der Waals surface area contributed by atoms with Crippen molar-refractivity contribution in [3.05, 3.63) is 39.3 Å². The van der Waals surface area contributed by atoms with Gasteiger partial charge in [0.15, 0.2) is 0 Å². The molecule has 2 aromatic rings. The number of hydrogen-bond donors (Lipinski definition) is 1. The quantitative estimate of drug-likeness (QED) is 0.841. The average Bonchev–Trinajstić information content (AvgIpc) is 2.91. The second-order valence-corrected chi connectivity index (χ2v) is 5.41. The predicted octanol–water partition coefficient (Wildman–Crippen LogP) is -0.0877. The summed E-state index contributed by atoms with van der Waals surface area (Å²) in [6.45, 7) is 4.61. The Morgan fingerprint density at radius 2 is 2.26 bits per heavy atom. The van der Waals surface area contributed by atoms with Crippen molar-refractivity contribution in [3.63, 3.8) is 0 Å². The van der Waals surface area contributed by atoms with Gasteiger partial charge in [0, 0.05) is 12.6 Å². The molecule has 1 N–H and O–H groups in total. The Hall–Kier alpha value is -2.55. The van der Waals surface area contributed by atoms with E-state index in [0.29, 0.717) is 42.7 Å². The van der Waals surface area contributed by atoms with E-state index in [1.165, 1.54) is 6.07 Å². The highest BCUT2D eigenvalue weighted by molar-refractivity contribution is 5.79. The van der Waals surface area contributed by atoms with Gasteiger partial charge in [0.25, 0.3) is 5.56 Å². The molecule has 1 aliphatic heterocycles. The maximum atomic E-state index is 12.6. The van der Waals surface area contributed by atoms with Crippen LogP contribution in [0.2, 0.25) is 0 Å². The zero-order chi connectivity index (χ0) is 16.4. The highest BCUT2D eigenvalue weighted by Gasteiger charge is 2.30. The molecule has 1 aliphatic rings. The maximum Gasteiger partial charge on any atom is 0.251 e. The topological polar surface area (TPSA) is 114 Å². The zero-order valence-corrected chi connectivity index (χ0v) is 12.9. The van der Waals surface area contributed by atoms with Crippen molar-refractivity contribution in [2.24, 2.45) is 0 Å². The van der Waals surface area contributed by atoms with E-state index in [1.807, 2.05) is 0 Å². The van der Waals surface area contributed by atoms with E-state index in [2.05, 4.69) is 24.9 Å². The van der Waals surface area contributed by atoms with Gasteiger partial charge in [-0.1, -0.05) is 10.3 Å². The highest BCUT2D eigenvalue weighted by Crippen LogP contribution is 2.23. The summed E-state index contributed by atoms with van der Waals surface area (Å²) in [5.74, 6) is 0.374. The number of hydrogen-bond acceptors (Lipinski definition) is 7. The summed E-state index contributed by atoms with van der Waals surface area (Å²) in [6, 6.07) is 1.01. The number of rotatable bonds is 3. The fraction of sp³-hybridized carbons (Fsp3) is 0.500. The second kappa shape index (κ2) is 6.29. The number of aryl methyl sites for hydroxylation is 2. The molecule has 1 saturated heterocycles. The number of nitrogens with zero attached hydrogens (tertiary/aromatic N) is 4. The van der Waals surface area contributed by atoms with Crippen molar-refractivity contribution in [1.82, 2.24) is 25.2 Å². The maximum absolute atomic E-state index is 12.6. The minimum absolute atomic E-state index is 0.0913. The van der Waals surface area contributed by atoms with Crippen LogP contribution in [0.15, 0.2) is 15.5 Å². The van der Waals surface area contributed by atoms with E-state index < -0.39 is 6.04 Å². The van der Waals surface area contributed by atoms with Gasteiger partial charge in [0.05, 0.1) is 31.4 Å². The van der Waals surface area contributed by atoms with Crippen LogP contribution in [0.3, 0.4) is 0 Å². The van der Waals surface area contributed by atoms with Gasteiger partial charge in [-0.2, -0.15) is 0 Å². The number of carbonyl (C=O) groups excluding carboxylic acids is 1. The Kier molecular flexibility index (Phi) is 4.20. The van der Waals surface area contributed by atoms with Crippen LogP contribution in [0, 0.1) is 13.8 Å². The van der Waals surface area contributed by atoms with Crippen molar-refractivity contribution >= 4 is 5.91 Å².